The fourth-order valence-electron chi connectivity index (χ4n) is 2.09. The summed E-state index contributed by atoms with van der Waals surface area (Å²) in [5.74, 6) is -0.297. The summed E-state index contributed by atoms with van der Waals surface area (Å²) in [6, 6.07) is 7.10. The summed E-state index contributed by atoms with van der Waals surface area (Å²) in [5, 5.41) is 3.98. The van der Waals surface area contributed by atoms with Crippen molar-refractivity contribution < 1.29 is 9.21 Å². The Balaban J connectivity index is 2.13. The van der Waals surface area contributed by atoms with Crippen molar-refractivity contribution in [3.63, 3.8) is 0 Å². The Morgan fingerprint density at radius 3 is 2.76 bits per heavy atom. The minimum Gasteiger partial charge on any atom is -0.417 e. The minimum atomic E-state index is -0.477. The molecular formula is C16H20N2O3. The number of nitrogens with zero attached hydrogens (tertiary/aromatic N) is 1. The van der Waals surface area contributed by atoms with Crippen molar-refractivity contribution in [1.29, 1.82) is 0 Å². The van der Waals surface area contributed by atoms with Gasteiger partial charge in [-0.25, -0.2) is 4.79 Å². The highest BCUT2D eigenvalue weighted by Gasteiger charge is 2.11. The Hall–Kier alpha value is -2.14. The minimum absolute atomic E-state index is 0.0567. The molecule has 0 saturated heterocycles. The van der Waals surface area contributed by atoms with Crippen molar-refractivity contribution in [1.82, 2.24) is 10.2 Å². The first-order valence-corrected chi connectivity index (χ1v) is 6.95. The summed E-state index contributed by atoms with van der Waals surface area (Å²) in [6.45, 7) is 3.35. The highest BCUT2D eigenvalue weighted by Crippen LogP contribution is 2.14. The highest BCUT2D eigenvalue weighted by molar-refractivity contribution is 5.95. The van der Waals surface area contributed by atoms with Crippen molar-refractivity contribution in [2.45, 2.75) is 13.3 Å². The normalized spacial score (nSPS) is 11.0. The molecule has 0 spiro atoms. The van der Waals surface area contributed by atoms with Crippen molar-refractivity contribution in [2.24, 2.45) is 0 Å². The molecule has 0 unspecified atom stereocenters. The number of hydrogen-bond acceptors (Lipinski definition) is 4. The third-order valence-corrected chi connectivity index (χ3v) is 3.21. The molecule has 1 heterocycles. The number of amides is 1. The smallest absolute Gasteiger partial charge is 0.344 e. The molecule has 0 aliphatic heterocycles. The van der Waals surface area contributed by atoms with Gasteiger partial charge in [0.1, 0.15) is 0 Å². The van der Waals surface area contributed by atoms with Gasteiger partial charge in [0.25, 0.3) is 5.91 Å². The zero-order valence-corrected chi connectivity index (χ0v) is 12.6. The summed E-state index contributed by atoms with van der Waals surface area (Å²) in [6.07, 6.45) is 0.843. The lowest BCUT2D eigenvalue weighted by atomic mass is 10.1. The molecule has 0 fully saturated rings. The average molecular weight is 288 g/mol. The third-order valence-electron chi connectivity index (χ3n) is 3.21. The van der Waals surface area contributed by atoms with Crippen LogP contribution in [-0.2, 0) is 0 Å². The number of nitrogens with one attached hydrogen (secondary N) is 1. The van der Waals surface area contributed by atoms with Gasteiger partial charge in [-0.05, 0) is 51.5 Å². The summed E-state index contributed by atoms with van der Waals surface area (Å²) >= 11 is 0. The van der Waals surface area contributed by atoms with Crippen LogP contribution < -0.4 is 10.9 Å². The fraction of sp³-hybridized carbons (Fsp3) is 0.375. The molecule has 0 aliphatic carbocycles. The van der Waals surface area contributed by atoms with Gasteiger partial charge in [-0.3, -0.25) is 4.79 Å². The van der Waals surface area contributed by atoms with Crippen molar-refractivity contribution in [2.75, 3.05) is 27.2 Å². The zero-order valence-electron chi connectivity index (χ0n) is 12.6. The molecule has 0 aliphatic rings. The monoisotopic (exact) mass is 288 g/mol. The van der Waals surface area contributed by atoms with E-state index < -0.39 is 5.63 Å². The fourth-order valence-corrected chi connectivity index (χ4v) is 2.09. The van der Waals surface area contributed by atoms with Crippen LogP contribution in [-0.4, -0.2) is 38.0 Å². The van der Waals surface area contributed by atoms with Crippen LogP contribution in [0.3, 0.4) is 0 Å². The van der Waals surface area contributed by atoms with Crippen LogP contribution in [0.5, 0.6) is 0 Å². The van der Waals surface area contributed by atoms with Crippen LogP contribution in [0.15, 0.2) is 33.5 Å². The molecule has 5 heteroatoms. The van der Waals surface area contributed by atoms with E-state index in [9.17, 15) is 9.59 Å². The van der Waals surface area contributed by atoms with Gasteiger partial charge >= 0.3 is 5.63 Å². The molecule has 2 rings (SSSR count). The van der Waals surface area contributed by atoms with Gasteiger partial charge in [0.05, 0.1) is 5.39 Å². The summed E-state index contributed by atoms with van der Waals surface area (Å²) in [7, 11) is 3.96. The van der Waals surface area contributed by atoms with Crippen LogP contribution in [0.4, 0.5) is 0 Å². The number of rotatable bonds is 5. The van der Waals surface area contributed by atoms with Gasteiger partial charge in [-0.15, -0.1) is 0 Å². The number of aryl methyl sites for hydroxylation is 1. The third kappa shape index (κ3) is 3.92. The Morgan fingerprint density at radius 1 is 1.29 bits per heavy atom. The SMILES string of the molecule is Cc1ccc2cc(C(=O)NCCCN(C)C)oc(=O)c2c1. The van der Waals surface area contributed by atoms with Crippen LogP contribution in [0.25, 0.3) is 10.8 Å². The first-order valence-electron chi connectivity index (χ1n) is 6.95. The van der Waals surface area contributed by atoms with E-state index in [0.717, 1.165) is 23.9 Å². The Kier molecular flexibility index (Phi) is 4.75. The van der Waals surface area contributed by atoms with Crippen molar-refractivity contribution in [3.05, 3.63) is 46.0 Å². The number of carbonyl (C=O) groups is 1. The molecule has 0 bridgehead atoms. The maximum absolute atomic E-state index is 12.0. The molecule has 0 saturated carbocycles. The predicted molar refractivity (Wildman–Crippen MR) is 82.7 cm³/mol. The van der Waals surface area contributed by atoms with Crippen molar-refractivity contribution >= 4 is 16.7 Å². The second kappa shape index (κ2) is 6.54. The van der Waals surface area contributed by atoms with Crippen molar-refractivity contribution in [3.8, 4) is 0 Å². The maximum atomic E-state index is 12.0. The molecule has 112 valence electrons. The van der Waals surface area contributed by atoms with Gasteiger partial charge < -0.3 is 14.6 Å². The lowest BCUT2D eigenvalue weighted by molar-refractivity contribution is 0.0920. The summed E-state index contributed by atoms with van der Waals surface area (Å²) in [4.78, 5) is 26.0. The van der Waals surface area contributed by atoms with Crippen LogP contribution >= 0.6 is 0 Å². The van der Waals surface area contributed by atoms with Gasteiger partial charge in [0, 0.05) is 6.54 Å². The van der Waals surface area contributed by atoms with E-state index in [2.05, 4.69) is 5.32 Å². The lowest BCUT2D eigenvalue weighted by Crippen LogP contribution is -2.27. The van der Waals surface area contributed by atoms with E-state index in [4.69, 9.17) is 4.42 Å². The Labute approximate surface area is 123 Å². The quantitative estimate of drug-likeness (QED) is 0.852. The average Bonchev–Trinajstić information content (AvgIpc) is 2.43. The molecule has 1 N–H and O–H groups in total. The summed E-state index contributed by atoms with van der Waals surface area (Å²) in [5.41, 5.74) is 0.505. The topological polar surface area (TPSA) is 62.6 Å². The highest BCUT2D eigenvalue weighted by atomic mass is 16.4. The second-order valence-electron chi connectivity index (χ2n) is 5.40. The largest absolute Gasteiger partial charge is 0.417 e. The number of carbonyl (C=O) groups excluding carboxylic acids is 1. The Bertz CT molecular complexity index is 704. The standard InChI is InChI=1S/C16H20N2O3/c1-11-5-6-12-10-14(21-16(20)13(12)9-11)15(19)17-7-4-8-18(2)3/h5-6,9-10H,4,7-8H2,1-3H3,(H,17,19). The van der Waals surface area contributed by atoms with Gasteiger partial charge in [0.2, 0.25) is 0 Å². The Morgan fingerprint density at radius 2 is 2.05 bits per heavy atom. The molecule has 1 amide bonds. The first kappa shape index (κ1) is 15.3. The molecule has 0 radical (unpaired) electrons. The molecular weight excluding hydrogens is 268 g/mol. The number of fused-ring (bicyclic) bond motifs is 1. The molecule has 1 aromatic heterocycles. The lowest BCUT2D eigenvalue weighted by Gasteiger charge is -2.09. The molecule has 5 nitrogen and oxygen atoms in total. The molecule has 2 aromatic rings. The maximum Gasteiger partial charge on any atom is 0.344 e. The molecule has 0 atom stereocenters. The van der Waals surface area contributed by atoms with E-state index >= 15 is 0 Å². The second-order valence-corrected chi connectivity index (χ2v) is 5.40. The molecule has 21 heavy (non-hydrogen) atoms. The number of benzene rings is 1. The van der Waals surface area contributed by atoms with E-state index in [1.54, 1.807) is 12.1 Å². The summed E-state index contributed by atoms with van der Waals surface area (Å²) < 4.78 is 5.11. The van der Waals surface area contributed by atoms with Crippen LogP contribution in [0, 0.1) is 6.92 Å². The van der Waals surface area contributed by atoms with E-state index in [1.807, 2.05) is 38.1 Å². The van der Waals surface area contributed by atoms with E-state index in [1.165, 1.54) is 0 Å². The molecule has 1 aromatic carbocycles. The predicted octanol–water partition coefficient (Wildman–Crippen LogP) is 1.78. The van der Waals surface area contributed by atoms with Gasteiger partial charge in [-0.2, -0.15) is 0 Å². The van der Waals surface area contributed by atoms with Crippen LogP contribution in [0.1, 0.15) is 22.5 Å². The van der Waals surface area contributed by atoms with Gasteiger partial charge in [-0.1, -0.05) is 17.7 Å². The van der Waals surface area contributed by atoms with E-state index in [0.29, 0.717) is 11.9 Å². The first-order chi connectivity index (χ1) is 9.97. The van der Waals surface area contributed by atoms with Crippen LogP contribution in [0.2, 0.25) is 0 Å². The number of hydrogen-bond donors (Lipinski definition) is 1. The van der Waals surface area contributed by atoms with Gasteiger partial charge in [0.15, 0.2) is 5.76 Å². The van der Waals surface area contributed by atoms with E-state index in [-0.39, 0.29) is 11.7 Å². The zero-order chi connectivity index (χ0) is 15.4.